The van der Waals surface area contributed by atoms with Gasteiger partial charge in [-0.05, 0) is 20.8 Å². The van der Waals surface area contributed by atoms with E-state index in [0.717, 1.165) is 6.92 Å². The molecule has 19 nitrogen and oxygen atoms in total. The van der Waals surface area contributed by atoms with E-state index in [9.17, 15) is 55.9 Å². The summed E-state index contributed by atoms with van der Waals surface area (Å²) in [7, 11) is 0. The van der Waals surface area contributed by atoms with Gasteiger partial charge >= 0.3 is 0 Å². The van der Waals surface area contributed by atoms with Crippen LogP contribution in [0.4, 0.5) is 0 Å². The molecule has 0 bridgehead atoms. The molecule has 4 saturated heterocycles. The van der Waals surface area contributed by atoms with Crippen LogP contribution in [-0.4, -0.2) is 186 Å². The first kappa shape index (κ1) is 36.6. The molecule has 0 radical (unpaired) electrons. The predicted molar refractivity (Wildman–Crippen MR) is 141 cm³/mol. The summed E-state index contributed by atoms with van der Waals surface area (Å²) < 4.78 is 39.3. The zero-order valence-electron chi connectivity index (χ0n) is 25.0. The average Bonchev–Trinajstić information content (AvgIpc) is 2.99. The van der Waals surface area contributed by atoms with Crippen molar-refractivity contribution in [2.75, 3.05) is 6.61 Å². The fourth-order valence-electron chi connectivity index (χ4n) is 5.75. The van der Waals surface area contributed by atoms with Gasteiger partial charge in [0.1, 0.15) is 79.3 Å². The van der Waals surface area contributed by atoms with Crippen molar-refractivity contribution in [3.05, 3.63) is 0 Å². The summed E-state index contributed by atoms with van der Waals surface area (Å²) in [6.07, 6.45) is -29.3. The Labute approximate surface area is 257 Å². The van der Waals surface area contributed by atoms with Gasteiger partial charge in [-0.25, -0.2) is 0 Å². The average molecular weight is 660 g/mol. The molecule has 4 aliphatic rings. The number of carbonyl (C=O) groups is 1. The van der Waals surface area contributed by atoms with Gasteiger partial charge in [-0.3, -0.25) is 4.79 Å². The summed E-state index contributed by atoms with van der Waals surface area (Å²) in [5.41, 5.74) is 0. The van der Waals surface area contributed by atoms with Gasteiger partial charge < -0.3 is 89.5 Å². The van der Waals surface area contributed by atoms with E-state index in [1.807, 2.05) is 0 Å². The van der Waals surface area contributed by atoms with Crippen LogP contribution in [0.25, 0.3) is 0 Å². The number of ether oxygens (including phenoxy) is 7. The van der Waals surface area contributed by atoms with Crippen molar-refractivity contribution in [1.29, 1.82) is 0 Å². The van der Waals surface area contributed by atoms with Crippen molar-refractivity contribution in [3.8, 4) is 0 Å². The number of amides is 1. The minimum atomic E-state index is -1.87. The van der Waals surface area contributed by atoms with E-state index in [4.69, 9.17) is 33.2 Å². The van der Waals surface area contributed by atoms with Crippen molar-refractivity contribution in [2.24, 2.45) is 0 Å². The van der Waals surface area contributed by atoms with Gasteiger partial charge in [-0.2, -0.15) is 0 Å². The fraction of sp³-hybridized carbons (Fsp3) is 0.962. The van der Waals surface area contributed by atoms with Crippen molar-refractivity contribution >= 4 is 5.91 Å². The summed E-state index contributed by atoms with van der Waals surface area (Å²) in [6, 6.07) is -1.38. The number of hydrogen-bond acceptors (Lipinski definition) is 18. The van der Waals surface area contributed by atoms with E-state index in [1.165, 1.54) is 20.8 Å². The third-order valence-electron chi connectivity index (χ3n) is 8.49. The SMILES string of the molecule is CC(=O)NC1C(O)OC(CO)C(O)C1OC1OC(C)C(O)C(OC2OC(C)C(O)C(O)C2OC2OC(C)C(O)C(O)C2O)C1O. The molecule has 4 fully saturated rings. The van der Waals surface area contributed by atoms with Crippen LogP contribution in [0.15, 0.2) is 0 Å². The van der Waals surface area contributed by atoms with Crippen LogP contribution in [0.1, 0.15) is 27.7 Å². The van der Waals surface area contributed by atoms with Gasteiger partial charge in [0.25, 0.3) is 0 Å². The third kappa shape index (κ3) is 7.60. The first-order chi connectivity index (χ1) is 21.1. The highest BCUT2D eigenvalue weighted by Crippen LogP contribution is 2.34. The molecule has 4 aliphatic heterocycles. The highest BCUT2D eigenvalue weighted by Gasteiger charge is 2.54. The molecule has 11 N–H and O–H groups in total. The highest BCUT2D eigenvalue weighted by atomic mass is 16.8. The number of hydrogen-bond donors (Lipinski definition) is 11. The topological polar surface area (TPSA) is 296 Å². The van der Waals surface area contributed by atoms with E-state index in [2.05, 4.69) is 5.32 Å². The minimum Gasteiger partial charge on any atom is -0.394 e. The number of aliphatic hydroxyl groups is 10. The lowest BCUT2D eigenvalue weighted by molar-refractivity contribution is -0.389. The van der Waals surface area contributed by atoms with Crippen LogP contribution >= 0.6 is 0 Å². The van der Waals surface area contributed by atoms with Crippen LogP contribution in [0, 0.1) is 0 Å². The highest BCUT2D eigenvalue weighted by molar-refractivity contribution is 5.73. The molecule has 20 atom stereocenters. The van der Waals surface area contributed by atoms with Gasteiger partial charge in [0.2, 0.25) is 5.91 Å². The second-order valence-corrected chi connectivity index (χ2v) is 11.8. The van der Waals surface area contributed by atoms with Gasteiger partial charge in [0.15, 0.2) is 25.2 Å². The second kappa shape index (κ2) is 14.9. The number of nitrogens with one attached hydrogen (secondary N) is 1. The summed E-state index contributed by atoms with van der Waals surface area (Å²) >= 11 is 0. The standard InChI is InChI=1S/C26H45NO18/c1-6-12(30)16(34)18(36)24(39-6)45-22-17(35)13(31)7(2)41-26(22)44-21-14(32)8(3)40-25(19(21)37)43-20-11(27-9(4)29)23(38)42-10(5-28)15(20)33/h6-8,10-26,28,30-38H,5H2,1-4H3,(H,27,29). The molecule has 0 aliphatic carbocycles. The van der Waals surface area contributed by atoms with Gasteiger partial charge in [-0.15, -0.1) is 0 Å². The summed E-state index contributed by atoms with van der Waals surface area (Å²) in [5, 5.41) is 107. The van der Waals surface area contributed by atoms with Crippen LogP contribution in [0.2, 0.25) is 0 Å². The Hall–Kier alpha value is -1.21. The molecular formula is C26H45NO18. The van der Waals surface area contributed by atoms with Gasteiger partial charge in [-0.1, -0.05) is 0 Å². The molecule has 45 heavy (non-hydrogen) atoms. The molecule has 262 valence electrons. The van der Waals surface area contributed by atoms with Gasteiger partial charge in [0, 0.05) is 6.92 Å². The van der Waals surface area contributed by atoms with Crippen LogP contribution in [-0.2, 0) is 38.0 Å². The molecule has 0 aromatic heterocycles. The monoisotopic (exact) mass is 659 g/mol. The largest absolute Gasteiger partial charge is 0.394 e. The van der Waals surface area contributed by atoms with E-state index in [-0.39, 0.29) is 0 Å². The molecule has 19 heteroatoms. The van der Waals surface area contributed by atoms with Crippen molar-refractivity contribution in [1.82, 2.24) is 5.32 Å². The number of rotatable bonds is 8. The quantitative estimate of drug-likeness (QED) is 0.115. The lowest BCUT2D eigenvalue weighted by Crippen LogP contribution is -2.68. The normalized spacial score (nSPS) is 52.8. The Morgan fingerprint density at radius 2 is 1.07 bits per heavy atom. The van der Waals surface area contributed by atoms with E-state index in [0.29, 0.717) is 0 Å². The fourth-order valence-corrected chi connectivity index (χ4v) is 5.75. The third-order valence-corrected chi connectivity index (χ3v) is 8.49. The predicted octanol–water partition coefficient (Wildman–Crippen LogP) is -6.52. The van der Waals surface area contributed by atoms with E-state index in [1.54, 1.807) is 0 Å². The summed E-state index contributed by atoms with van der Waals surface area (Å²) in [6.45, 7) is 4.60. The molecule has 4 rings (SSSR count). The summed E-state index contributed by atoms with van der Waals surface area (Å²) in [5.74, 6) is -0.625. The molecule has 20 unspecified atom stereocenters. The van der Waals surface area contributed by atoms with Crippen LogP contribution < -0.4 is 5.32 Å². The summed E-state index contributed by atoms with van der Waals surface area (Å²) in [4.78, 5) is 11.8. The zero-order valence-corrected chi connectivity index (χ0v) is 25.0. The minimum absolute atomic E-state index is 0.625. The molecule has 4 heterocycles. The Morgan fingerprint density at radius 1 is 0.578 bits per heavy atom. The Morgan fingerprint density at radius 3 is 1.64 bits per heavy atom. The maximum atomic E-state index is 11.8. The lowest BCUT2D eigenvalue weighted by atomic mass is 9.95. The van der Waals surface area contributed by atoms with E-state index >= 15 is 0 Å². The molecular weight excluding hydrogens is 614 g/mol. The van der Waals surface area contributed by atoms with E-state index < -0.39 is 135 Å². The zero-order chi connectivity index (χ0) is 33.5. The van der Waals surface area contributed by atoms with Crippen LogP contribution in [0.5, 0.6) is 0 Å². The maximum absolute atomic E-state index is 11.8. The number of carbonyl (C=O) groups excluding carboxylic acids is 1. The molecule has 0 aromatic carbocycles. The van der Waals surface area contributed by atoms with Crippen molar-refractivity contribution < 1.29 is 89.0 Å². The maximum Gasteiger partial charge on any atom is 0.217 e. The Bertz CT molecular complexity index is 980. The molecule has 0 aromatic rings. The lowest BCUT2D eigenvalue weighted by Gasteiger charge is -2.49. The second-order valence-electron chi connectivity index (χ2n) is 11.8. The van der Waals surface area contributed by atoms with Crippen LogP contribution in [0.3, 0.4) is 0 Å². The van der Waals surface area contributed by atoms with Gasteiger partial charge in [0.05, 0.1) is 24.9 Å². The van der Waals surface area contributed by atoms with Crippen molar-refractivity contribution in [3.63, 3.8) is 0 Å². The molecule has 0 spiro atoms. The Kier molecular flexibility index (Phi) is 12.1. The first-order valence-electron chi connectivity index (χ1n) is 14.7. The number of aliphatic hydroxyl groups excluding tert-OH is 10. The molecule has 1 amide bonds. The first-order valence-corrected chi connectivity index (χ1v) is 14.7. The van der Waals surface area contributed by atoms with Crippen molar-refractivity contribution in [2.45, 2.75) is 150 Å². The molecule has 0 saturated carbocycles. The smallest absolute Gasteiger partial charge is 0.217 e. The Balaban J connectivity index is 1.56.